The maximum atomic E-state index is 6.09. The van der Waals surface area contributed by atoms with E-state index in [4.69, 9.17) is 5.73 Å². The van der Waals surface area contributed by atoms with Crippen molar-refractivity contribution < 1.29 is 0 Å². The molecule has 2 N–H and O–H groups in total. The Morgan fingerprint density at radius 3 is 2.60 bits per heavy atom. The van der Waals surface area contributed by atoms with Gasteiger partial charge in [-0.15, -0.1) is 6.58 Å². The van der Waals surface area contributed by atoms with Crippen LogP contribution in [0.2, 0.25) is 0 Å². The van der Waals surface area contributed by atoms with Gasteiger partial charge in [0.1, 0.15) is 0 Å². The van der Waals surface area contributed by atoms with Gasteiger partial charge in [0.05, 0.1) is 6.04 Å². The molecule has 0 spiro atoms. The third kappa shape index (κ3) is 2.64. The molecule has 2 rings (SSSR count). The second kappa shape index (κ2) is 5.58. The Balaban J connectivity index is 2.25. The van der Waals surface area contributed by atoms with E-state index < -0.39 is 0 Å². The summed E-state index contributed by atoms with van der Waals surface area (Å²) in [5.74, 6) is 0. The Morgan fingerprint density at radius 1 is 1.35 bits per heavy atom. The van der Waals surface area contributed by atoms with Gasteiger partial charge < -0.3 is 10.6 Å². The Labute approximate surface area is 122 Å². The van der Waals surface area contributed by atoms with E-state index in [0.717, 1.165) is 30.8 Å². The summed E-state index contributed by atoms with van der Waals surface area (Å²) >= 11 is 0. The highest BCUT2D eigenvalue weighted by Gasteiger charge is 2.29. The quantitative estimate of drug-likeness (QED) is 0.635. The van der Waals surface area contributed by atoms with Gasteiger partial charge in [0.2, 0.25) is 0 Å². The summed E-state index contributed by atoms with van der Waals surface area (Å²) in [4.78, 5) is 2.33. The van der Waals surface area contributed by atoms with E-state index >= 15 is 0 Å². The molecule has 106 valence electrons. The zero-order chi connectivity index (χ0) is 14.9. The molecule has 1 atom stereocenters. The molecule has 20 heavy (non-hydrogen) atoms. The molecule has 1 aliphatic heterocycles. The van der Waals surface area contributed by atoms with E-state index in [0.29, 0.717) is 6.04 Å². The van der Waals surface area contributed by atoms with Crippen molar-refractivity contribution in [3.8, 4) is 0 Å². The van der Waals surface area contributed by atoms with Gasteiger partial charge in [0.25, 0.3) is 0 Å². The van der Waals surface area contributed by atoms with Crippen molar-refractivity contribution in [1.29, 1.82) is 0 Å². The molecule has 2 nitrogen and oxygen atoms in total. The molecule has 0 amide bonds. The van der Waals surface area contributed by atoms with Crippen LogP contribution in [0.25, 0.3) is 5.70 Å². The van der Waals surface area contributed by atoms with Crippen molar-refractivity contribution in [3.63, 3.8) is 0 Å². The predicted octanol–water partition coefficient (Wildman–Crippen LogP) is 4.36. The standard InChI is InChI=1S/C18H24N2/c1-12(2)9-10-18(13(3)4)20-11-16-15(14(20)5)7-6-8-17(16)19/h6-8,18H,1,3,5,9-11,19H2,2,4H3. The molecular weight excluding hydrogens is 244 g/mol. The Hall–Kier alpha value is -1.96. The summed E-state index contributed by atoms with van der Waals surface area (Å²) < 4.78 is 0. The van der Waals surface area contributed by atoms with Crippen molar-refractivity contribution >= 4 is 11.4 Å². The van der Waals surface area contributed by atoms with Crippen molar-refractivity contribution in [2.45, 2.75) is 39.3 Å². The topological polar surface area (TPSA) is 29.3 Å². The van der Waals surface area contributed by atoms with Crippen LogP contribution >= 0.6 is 0 Å². The minimum absolute atomic E-state index is 0.297. The molecule has 1 aromatic rings. The molecule has 0 saturated carbocycles. The molecule has 2 heteroatoms. The van der Waals surface area contributed by atoms with Crippen LogP contribution in [0.1, 0.15) is 37.8 Å². The molecule has 0 saturated heterocycles. The fraction of sp³-hybridized carbons (Fsp3) is 0.333. The molecule has 0 bridgehead atoms. The summed E-state index contributed by atoms with van der Waals surface area (Å²) in [6.07, 6.45) is 2.03. The summed E-state index contributed by atoms with van der Waals surface area (Å²) in [6.45, 7) is 17.4. The van der Waals surface area contributed by atoms with Gasteiger partial charge >= 0.3 is 0 Å². The van der Waals surface area contributed by atoms with Crippen molar-refractivity contribution in [2.75, 3.05) is 5.73 Å². The first kappa shape index (κ1) is 14.4. The summed E-state index contributed by atoms with van der Waals surface area (Å²) in [6, 6.07) is 6.35. The molecular formula is C18H24N2. The number of fused-ring (bicyclic) bond motifs is 1. The lowest BCUT2D eigenvalue weighted by Gasteiger charge is -2.31. The molecule has 0 aliphatic carbocycles. The van der Waals surface area contributed by atoms with Gasteiger partial charge in [0, 0.05) is 29.1 Å². The monoisotopic (exact) mass is 268 g/mol. The van der Waals surface area contributed by atoms with Crippen LogP contribution in [0.5, 0.6) is 0 Å². The Bertz CT molecular complexity index is 569. The van der Waals surface area contributed by atoms with Crippen molar-refractivity contribution in [3.05, 3.63) is 60.2 Å². The lowest BCUT2D eigenvalue weighted by molar-refractivity contribution is 0.320. The smallest absolute Gasteiger partial charge is 0.0503 e. The minimum atomic E-state index is 0.297. The van der Waals surface area contributed by atoms with E-state index in [1.807, 2.05) is 12.1 Å². The maximum absolute atomic E-state index is 6.09. The number of hydrogen-bond acceptors (Lipinski definition) is 2. The van der Waals surface area contributed by atoms with Gasteiger partial charge in [-0.1, -0.05) is 36.4 Å². The zero-order valence-electron chi connectivity index (χ0n) is 12.6. The van der Waals surface area contributed by atoms with Crippen LogP contribution in [-0.4, -0.2) is 10.9 Å². The van der Waals surface area contributed by atoms with E-state index in [9.17, 15) is 0 Å². The van der Waals surface area contributed by atoms with Gasteiger partial charge in [-0.3, -0.25) is 0 Å². The summed E-state index contributed by atoms with van der Waals surface area (Å²) in [5.41, 5.74) is 12.7. The normalized spacial score (nSPS) is 15.1. The first-order chi connectivity index (χ1) is 9.41. The largest absolute Gasteiger partial charge is 0.398 e. The number of rotatable bonds is 5. The van der Waals surface area contributed by atoms with Crippen molar-refractivity contribution in [2.24, 2.45) is 0 Å². The van der Waals surface area contributed by atoms with E-state index in [1.165, 1.54) is 22.3 Å². The molecule has 1 aliphatic rings. The van der Waals surface area contributed by atoms with Crippen LogP contribution in [0.3, 0.4) is 0 Å². The number of nitrogen functional groups attached to an aromatic ring is 1. The lowest BCUT2D eigenvalue weighted by Crippen LogP contribution is -2.30. The van der Waals surface area contributed by atoms with Crippen LogP contribution in [-0.2, 0) is 6.54 Å². The molecule has 0 aromatic heterocycles. The zero-order valence-corrected chi connectivity index (χ0v) is 12.6. The number of hydrogen-bond donors (Lipinski definition) is 1. The van der Waals surface area contributed by atoms with Gasteiger partial charge in [-0.2, -0.15) is 0 Å². The van der Waals surface area contributed by atoms with Gasteiger partial charge in [-0.05, 0) is 32.8 Å². The molecule has 1 heterocycles. The fourth-order valence-corrected chi connectivity index (χ4v) is 2.82. The van der Waals surface area contributed by atoms with Gasteiger partial charge in [-0.25, -0.2) is 0 Å². The van der Waals surface area contributed by atoms with E-state index in [2.05, 4.69) is 44.6 Å². The molecule has 0 radical (unpaired) electrons. The second-order valence-electron chi connectivity index (χ2n) is 5.81. The Morgan fingerprint density at radius 2 is 2.05 bits per heavy atom. The SMILES string of the molecule is C=C(C)CCC(C(=C)C)N1Cc2c(N)cccc2C1=C. The first-order valence-electron chi connectivity index (χ1n) is 7.05. The summed E-state index contributed by atoms with van der Waals surface area (Å²) in [7, 11) is 0. The number of benzene rings is 1. The third-order valence-electron chi connectivity index (χ3n) is 3.99. The maximum Gasteiger partial charge on any atom is 0.0503 e. The highest BCUT2D eigenvalue weighted by Crippen LogP contribution is 2.38. The second-order valence-corrected chi connectivity index (χ2v) is 5.81. The number of nitrogens with zero attached hydrogens (tertiary/aromatic N) is 1. The number of nitrogens with two attached hydrogens (primary N) is 1. The lowest BCUT2D eigenvalue weighted by atomic mass is 10.0. The molecule has 1 unspecified atom stereocenters. The Kier molecular flexibility index (Phi) is 4.03. The van der Waals surface area contributed by atoms with E-state index in [-0.39, 0.29) is 0 Å². The molecule has 0 fully saturated rings. The average Bonchev–Trinajstić information content (AvgIpc) is 2.69. The minimum Gasteiger partial charge on any atom is -0.398 e. The highest BCUT2D eigenvalue weighted by molar-refractivity contribution is 5.74. The van der Waals surface area contributed by atoms with Crippen LogP contribution in [0.15, 0.2) is 49.1 Å². The fourth-order valence-electron chi connectivity index (χ4n) is 2.82. The van der Waals surface area contributed by atoms with Crippen LogP contribution < -0.4 is 5.73 Å². The highest BCUT2D eigenvalue weighted by atomic mass is 15.2. The molecule has 1 aromatic carbocycles. The van der Waals surface area contributed by atoms with Crippen LogP contribution in [0, 0.1) is 0 Å². The average molecular weight is 268 g/mol. The van der Waals surface area contributed by atoms with Crippen LogP contribution in [0.4, 0.5) is 5.69 Å². The van der Waals surface area contributed by atoms with E-state index in [1.54, 1.807) is 0 Å². The predicted molar refractivity (Wildman–Crippen MR) is 88.1 cm³/mol. The first-order valence-corrected chi connectivity index (χ1v) is 7.05. The van der Waals surface area contributed by atoms with Gasteiger partial charge in [0.15, 0.2) is 0 Å². The third-order valence-corrected chi connectivity index (χ3v) is 3.99. The summed E-state index contributed by atoms with van der Waals surface area (Å²) in [5, 5.41) is 0. The number of allylic oxidation sites excluding steroid dienone is 1. The number of anilines is 1. The van der Waals surface area contributed by atoms with Crippen molar-refractivity contribution in [1.82, 2.24) is 4.90 Å².